The van der Waals surface area contributed by atoms with Crippen molar-refractivity contribution in [1.29, 1.82) is 0 Å². The third kappa shape index (κ3) is 3.19. The van der Waals surface area contributed by atoms with Gasteiger partial charge >= 0.3 is 0 Å². The first-order chi connectivity index (χ1) is 8.06. The fourth-order valence-corrected chi connectivity index (χ4v) is 2.23. The van der Waals surface area contributed by atoms with Crippen LogP contribution in [0.25, 0.3) is 0 Å². The molecule has 0 radical (unpaired) electrons. The van der Waals surface area contributed by atoms with Crippen LogP contribution in [0.3, 0.4) is 0 Å². The second-order valence-corrected chi connectivity index (χ2v) is 5.30. The predicted octanol–water partition coefficient (Wildman–Crippen LogP) is 4.23. The summed E-state index contributed by atoms with van der Waals surface area (Å²) in [5, 5.41) is 11.1. The van der Waals surface area contributed by atoms with Crippen LogP contribution in [0.15, 0.2) is 41.0 Å². The highest BCUT2D eigenvalue weighted by Gasteiger charge is 2.13. The lowest BCUT2D eigenvalue weighted by Crippen LogP contribution is -2.02. The van der Waals surface area contributed by atoms with Gasteiger partial charge in [-0.3, -0.25) is 4.98 Å². The molecule has 0 aliphatic rings. The van der Waals surface area contributed by atoms with Gasteiger partial charge in [-0.2, -0.15) is 0 Å². The van der Waals surface area contributed by atoms with Crippen molar-refractivity contribution in [2.45, 2.75) is 6.10 Å². The third-order valence-corrected chi connectivity index (χ3v) is 3.14. The number of nitrogens with zero attached hydrogens (tertiary/aromatic N) is 1. The fourth-order valence-electron chi connectivity index (χ4n) is 1.45. The summed E-state index contributed by atoms with van der Waals surface area (Å²) in [6, 6.07) is 8.51. The van der Waals surface area contributed by atoms with E-state index in [-0.39, 0.29) is 0 Å². The van der Waals surface area contributed by atoms with Crippen LogP contribution in [0, 0.1) is 0 Å². The predicted molar refractivity (Wildman–Crippen MR) is 72.5 cm³/mol. The van der Waals surface area contributed by atoms with E-state index in [4.69, 9.17) is 23.2 Å². The van der Waals surface area contributed by atoms with E-state index in [9.17, 15) is 5.11 Å². The van der Waals surface area contributed by atoms with Gasteiger partial charge in [-0.1, -0.05) is 23.2 Å². The van der Waals surface area contributed by atoms with E-state index in [1.807, 2.05) is 6.07 Å². The molecule has 0 aliphatic heterocycles. The lowest BCUT2D eigenvalue weighted by Gasteiger charge is -2.11. The van der Waals surface area contributed by atoms with E-state index in [0.717, 1.165) is 4.47 Å². The molecule has 0 aliphatic carbocycles. The number of halogens is 3. The summed E-state index contributed by atoms with van der Waals surface area (Å²) in [5.74, 6) is 0. The standard InChI is InChI=1S/C12H8BrCl2NO/c13-8-1-2-11(16-6-8)12(17)7-3-9(14)5-10(15)4-7/h1-6,12,17H. The molecule has 0 bridgehead atoms. The average molecular weight is 333 g/mol. The van der Waals surface area contributed by atoms with Crippen molar-refractivity contribution in [3.05, 3.63) is 62.3 Å². The normalized spacial score (nSPS) is 12.5. The van der Waals surface area contributed by atoms with Crippen molar-refractivity contribution >= 4 is 39.1 Å². The number of aromatic nitrogens is 1. The van der Waals surface area contributed by atoms with Crippen molar-refractivity contribution < 1.29 is 5.11 Å². The highest BCUT2D eigenvalue weighted by atomic mass is 79.9. The Kier molecular flexibility index (Phi) is 4.05. The summed E-state index contributed by atoms with van der Waals surface area (Å²) >= 11 is 15.1. The minimum Gasteiger partial charge on any atom is -0.382 e. The van der Waals surface area contributed by atoms with E-state index in [1.54, 1.807) is 30.5 Å². The molecule has 1 atom stereocenters. The molecule has 1 aromatic carbocycles. The van der Waals surface area contributed by atoms with Crippen LogP contribution >= 0.6 is 39.1 Å². The summed E-state index contributed by atoms with van der Waals surface area (Å²) in [4.78, 5) is 4.13. The zero-order valence-corrected chi connectivity index (χ0v) is 11.7. The molecule has 2 rings (SSSR count). The zero-order chi connectivity index (χ0) is 12.4. The zero-order valence-electron chi connectivity index (χ0n) is 8.57. The fraction of sp³-hybridized carbons (Fsp3) is 0.0833. The van der Waals surface area contributed by atoms with Crippen LogP contribution < -0.4 is 0 Å². The maximum Gasteiger partial charge on any atom is 0.121 e. The number of rotatable bonds is 2. The van der Waals surface area contributed by atoms with E-state index in [0.29, 0.717) is 21.3 Å². The van der Waals surface area contributed by atoms with Gasteiger partial charge in [0.2, 0.25) is 0 Å². The molecule has 0 spiro atoms. The molecule has 0 amide bonds. The minimum atomic E-state index is -0.834. The van der Waals surface area contributed by atoms with Crippen molar-refractivity contribution in [2.75, 3.05) is 0 Å². The van der Waals surface area contributed by atoms with Crippen molar-refractivity contribution in [2.24, 2.45) is 0 Å². The Labute approximate surface area is 117 Å². The number of benzene rings is 1. The van der Waals surface area contributed by atoms with E-state index in [2.05, 4.69) is 20.9 Å². The highest BCUT2D eigenvalue weighted by molar-refractivity contribution is 9.10. The van der Waals surface area contributed by atoms with Gasteiger partial charge in [-0.05, 0) is 51.8 Å². The minimum absolute atomic E-state index is 0.490. The third-order valence-electron chi connectivity index (χ3n) is 2.23. The smallest absolute Gasteiger partial charge is 0.121 e. The summed E-state index contributed by atoms with van der Waals surface area (Å²) in [7, 11) is 0. The Balaban J connectivity index is 2.36. The second-order valence-electron chi connectivity index (χ2n) is 3.51. The van der Waals surface area contributed by atoms with Crippen LogP contribution in [0.1, 0.15) is 17.4 Å². The lowest BCUT2D eigenvalue weighted by atomic mass is 10.1. The van der Waals surface area contributed by atoms with Crippen LogP contribution in [-0.4, -0.2) is 10.1 Å². The van der Waals surface area contributed by atoms with Crippen LogP contribution in [-0.2, 0) is 0 Å². The van der Waals surface area contributed by atoms with Crippen LogP contribution in [0.4, 0.5) is 0 Å². The van der Waals surface area contributed by atoms with Crippen molar-refractivity contribution in [3.63, 3.8) is 0 Å². The molecule has 2 aromatic rings. The van der Waals surface area contributed by atoms with Gasteiger partial charge in [-0.15, -0.1) is 0 Å². The molecule has 2 nitrogen and oxygen atoms in total. The Bertz CT molecular complexity index is 510. The summed E-state index contributed by atoms with van der Waals surface area (Å²) in [5.41, 5.74) is 1.17. The average Bonchev–Trinajstić information content (AvgIpc) is 2.28. The summed E-state index contributed by atoms with van der Waals surface area (Å²) < 4.78 is 0.859. The Morgan fingerprint density at radius 3 is 2.29 bits per heavy atom. The quantitative estimate of drug-likeness (QED) is 0.892. The van der Waals surface area contributed by atoms with Crippen LogP contribution in [0.5, 0.6) is 0 Å². The summed E-state index contributed by atoms with van der Waals surface area (Å²) in [6.45, 7) is 0. The molecule has 88 valence electrons. The van der Waals surface area contributed by atoms with Gasteiger partial charge in [0.25, 0.3) is 0 Å². The van der Waals surface area contributed by atoms with Gasteiger partial charge in [0.05, 0.1) is 5.69 Å². The lowest BCUT2D eigenvalue weighted by molar-refractivity contribution is 0.215. The molecule has 0 saturated carbocycles. The van der Waals surface area contributed by atoms with Gasteiger partial charge in [0.1, 0.15) is 6.10 Å². The van der Waals surface area contributed by atoms with E-state index >= 15 is 0 Å². The van der Waals surface area contributed by atoms with Gasteiger partial charge in [0, 0.05) is 20.7 Å². The maximum absolute atomic E-state index is 10.1. The maximum atomic E-state index is 10.1. The topological polar surface area (TPSA) is 33.1 Å². The second kappa shape index (κ2) is 5.36. The summed E-state index contributed by atoms with van der Waals surface area (Å²) in [6.07, 6.45) is 0.796. The number of hydrogen-bond donors (Lipinski definition) is 1. The molecule has 1 heterocycles. The molecule has 0 saturated heterocycles. The van der Waals surface area contributed by atoms with Gasteiger partial charge in [0.15, 0.2) is 0 Å². The first-order valence-electron chi connectivity index (χ1n) is 4.82. The molecule has 17 heavy (non-hydrogen) atoms. The number of aliphatic hydroxyl groups is 1. The van der Waals surface area contributed by atoms with Crippen molar-refractivity contribution in [1.82, 2.24) is 4.98 Å². The first-order valence-corrected chi connectivity index (χ1v) is 6.36. The van der Waals surface area contributed by atoms with E-state index < -0.39 is 6.10 Å². The SMILES string of the molecule is OC(c1cc(Cl)cc(Cl)c1)c1ccc(Br)cn1. The Morgan fingerprint density at radius 2 is 1.76 bits per heavy atom. The number of hydrogen-bond acceptors (Lipinski definition) is 2. The molecule has 1 aromatic heterocycles. The molecule has 5 heteroatoms. The van der Waals surface area contributed by atoms with E-state index in [1.165, 1.54) is 0 Å². The van der Waals surface area contributed by atoms with Crippen LogP contribution in [0.2, 0.25) is 10.0 Å². The van der Waals surface area contributed by atoms with Gasteiger partial charge in [-0.25, -0.2) is 0 Å². The molecule has 1 unspecified atom stereocenters. The monoisotopic (exact) mass is 331 g/mol. The number of pyridine rings is 1. The Hall–Kier alpha value is -0.610. The Morgan fingerprint density at radius 1 is 1.12 bits per heavy atom. The molecule has 0 fully saturated rings. The van der Waals surface area contributed by atoms with Crippen molar-refractivity contribution in [3.8, 4) is 0 Å². The number of aliphatic hydroxyl groups excluding tert-OH is 1. The molecular formula is C12H8BrCl2NO. The molecule has 1 N–H and O–H groups in total. The first kappa shape index (κ1) is 12.8. The highest BCUT2D eigenvalue weighted by Crippen LogP contribution is 2.27. The molecular weight excluding hydrogens is 325 g/mol. The largest absolute Gasteiger partial charge is 0.382 e. The van der Waals surface area contributed by atoms with Gasteiger partial charge < -0.3 is 5.11 Å².